The first-order valence-electron chi connectivity index (χ1n) is 9.05. The summed E-state index contributed by atoms with van der Waals surface area (Å²) in [5.74, 6) is -0.574. The van der Waals surface area contributed by atoms with Crippen molar-refractivity contribution in [2.75, 3.05) is 37.0 Å². The summed E-state index contributed by atoms with van der Waals surface area (Å²) in [6.07, 6.45) is 0.431. The lowest BCUT2D eigenvalue weighted by atomic mass is 10.1. The van der Waals surface area contributed by atoms with Crippen LogP contribution in [-0.4, -0.2) is 46.9 Å². The molecule has 1 aliphatic heterocycles. The first-order valence-corrected chi connectivity index (χ1v) is 10.6. The van der Waals surface area contributed by atoms with Crippen molar-refractivity contribution in [1.82, 2.24) is 0 Å². The molecule has 3 rings (SSSR count). The molecule has 1 aliphatic rings. The average Bonchev–Trinajstić information content (AvgIpc) is 3.25. The standard InChI is InChI=1S/C20H23FN2O5S/c1-13-10-14(4-6-18(13)21)22-20(24)17-11-15(5-7-19(17)27-3)23(2)29(25,26)16-8-9-28-12-16/h4-7,10-11,16H,8-9,12H2,1-3H3,(H,22,24)/t16-/m0/s1. The van der Waals surface area contributed by atoms with Gasteiger partial charge in [-0.05, 0) is 55.3 Å². The van der Waals surface area contributed by atoms with Gasteiger partial charge in [-0.15, -0.1) is 0 Å². The Morgan fingerprint density at radius 2 is 2.03 bits per heavy atom. The van der Waals surface area contributed by atoms with Gasteiger partial charge in [0, 0.05) is 19.3 Å². The van der Waals surface area contributed by atoms with E-state index < -0.39 is 21.2 Å². The largest absolute Gasteiger partial charge is 0.496 e. The topological polar surface area (TPSA) is 84.9 Å². The third-order valence-corrected chi connectivity index (χ3v) is 7.09. The fraction of sp³-hybridized carbons (Fsp3) is 0.350. The number of sulfonamides is 1. The maximum Gasteiger partial charge on any atom is 0.259 e. The Morgan fingerprint density at radius 1 is 1.28 bits per heavy atom. The van der Waals surface area contributed by atoms with E-state index in [1.165, 1.54) is 44.5 Å². The molecule has 0 radical (unpaired) electrons. The normalized spacial score (nSPS) is 16.5. The minimum absolute atomic E-state index is 0.153. The highest BCUT2D eigenvalue weighted by atomic mass is 32.2. The van der Waals surface area contributed by atoms with Crippen LogP contribution in [-0.2, 0) is 14.8 Å². The molecular formula is C20H23FN2O5S. The van der Waals surface area contributed by atoms with Crippen LogP contribution in [0.1, 0.15) is 22.3 Å². The van der Waals surface area contributed by atoms with Crippen molar-refractivity contribution < 1.29 is 27.1 Å². The molecule has 9 heteroatoms. The molecule has 0 aromatic heterocycles. The quantitative estimate of drug-likeness (QED) is 0.774. The van der Waals surface area contributed by atoms with E-state index in [9.17, 15) is 17.6 Å². The van der Waals surface area contributed by atoms with Gasteiger partial charge in [0.1, 0.15) is 16.8 Å². The van der Waals surface area contributed by atoms with Crippen LogP contribution in [0.3, 0.4) is 0 Å². The second-order valence-electron chi connectivity index (χ2n) is 6.80. The van der Waals surface area contributed by atoms with Crippen molar-refractivity contribution in [3.8, 4) is 5.75 Å². The molecule has 29 heavy (non-hydrogen) atoms. The SMILES string of the molecule is COc1ccc(N(C)S(=O)(=O)[C@H]2CCOC2)cc1C(=O)Nc1ccc(F)c(C)c1. The number of nitrogens with zero attached hydrogens (tertiary/aromatic N) is 1. The molecule has 0 aliphatic carbocycles. The van der Waals surface area contributed by atoms with E-state index in [1.807, 2.05) is 0 Å². The number of anilines is 2. The van der Waals surface area contributed by atoms with Gasteiger partial charge >= 0.3 is 0 Å². The van der Waals surface area contributed by atoms with Gasteiger partial charge in [0.2, 0.25) is 10.0 Å². The smallest absolute Gasteiger partial charge is 0.259 e. The Balaban J connectivity index is 1.90. The summed E-state index contributed by atoms with van der Waals surface area (Å²) in [6.45, 7) is 2.16. The van der Waals surface area contributed by atoms with Gasteiger partial charge in [0.25, 0.3) is 5.91 Å². The lowest BCUT2D eigenvalue weighted by Gasteiger charge is -2.23. The molecule has 0 bridgehead atoms. The lowest BCUT2D eigenvalue weighted by Crippen LogP contribution is -2.36. The molecule has 2 aromatic carbocycles. The first kappa shape index (κ1) is 21.1. The van der Waals surface area contributed by atoms with E-state index in [1.54, 1.807) is 13.0 Å². The molecule has 0 unspecified atom stereocenters. The van der Waals surface area contributed by atoms with Gasteiger partial charge < -0.3 is 14.8 Å². The molecular weight excluding hydrogens is 399 g/mol. The Bertz CT molecular complexity index is 1020. The summed E-state index contributed by atoms with van der Waals surface area (Å²) in [7, 11) is -0.763. The monoisotopic (exact) mass is 422 g/mol. The molecule has 0 saturated carbocycles. The van der Waals surface area contributed by atoms with Crippen LogP contribution in [0.15, 0.2) is 36.4 Å². The van der Waals surface area contributed by atoms with E-state index in [0.29, 0.717) is 35.7 Å². The third kappa shape index (κ3) is 4.35. The first-order chi connectivity index (χ1) is 13.7. The summed E-state index contributed by atoms with van der Waals surface area (Å²) in [4.78, 5) is 12.8. The fourth-order valence-electron chi connectivity index (χ4n) is 3.11. The van der Waals surface area contributed by atoms with Gasteiger partial charge in [-0.2, -0.15) is 0 Å². The van der Waals surface area contributed by atoms with E-state index in [2.05, 4.69) is 5.32 Å². The predicted molar refractivity (Wildman–Crippen MR) is 109 cm³/mol. The molecule has 7 nitrogen and oxygen atoms in total. The van der Waals surface area contributed by atoms with Crippen molar-refractivity contribution in [2.24, 2.45) is 0 Å². The van der Waals surface area contributed by atoms with Crippen molar-refractivity contribution in [3.63, 3.8) is 0 Å². The number of hydrogen-bond donors (Lipinski definition) is 1. The third-order valence-electron chi connectivity index (χ3n) is 4.90. The highest BCUT2D eigenvalue weighted by molar-refractivity contribution is 7.93. The van der Waals surface area contributed by atoms with E-state index >= 15 is 0 Å². The minimum Gasteiger partial charge on any atom is -0.496 e. The summed E-state index contributed by atoms with van der Waals surface area (Å²) in [5, 5.41) is 2.07. The van der Waals surface area contributed by atoms with Gasteiger partial charge in [-0.3, -0.25) is 9.10 Å². The van der Waals surface area contributed by atoms with E-state index in [4.69, 9.17) is 9.47 Å². The predicted octanol–water partition coefficient (Wildman–Crippen LogP) is 2.95. The van der Waals surface area contributed by atoms with Crippen LogP contribution in [0.5, 0.6) is 5.75 Å². The number of halogens is 1. The molecule has 1 saturated heterocycles. The number of benzene rings is 2. The minimum atomic E-state index is -3.63. The van der Waals surface area contributed by atoms with Crippen LogP contribution in [0.4, 0.5) is 15.8 Å². The highest BCUT2D eigenvalue weighted by Gasteiger charge is 2.33. The highest BCUT2D eigenvalue weighted by Crippen LogP contribution is 2.29. The van der Waals surface area contributed by atoms with E-state index in [0.717, 1.165) is 4.31 Å². The van der Waals surface area contributed by atoms with Crippen molar-refractivity contribution >= 4 is 27.3 Å². The van der Waals surface area contributed by atoms with Crippen molar-refractivity contribution in [1.29, 1.82) is 0 Å². The zero-order valence-corrected chi connectivity index (χ0v) is 17.3. The number of hydrogen-bond acceptors (Lipinski definition) is 5. The zero-order chi connectivity index (χ0) is 21.2. The Hall–Kier alpha value is -2.65. The van der Waals surface area contributed by atoms with Crippen LogP contribution < -0.4 is 14.4 Å². The molecule has 0 spiro atoms. The van der Waals surface area contributed by atoms with Gasteiger partial charge in [-0.25, -0.2) is 12.8 Å². The summed E-state index contributed by atoms with van der Waals surface area (Å²) in [5.41, 5.74) is 1.31. The van der Waals surface area contributed by atoms with Gasteiger partial charge in [-0.1, -0.05) is 0 Å². The number of aryl methyl sites for hydroxylation is 1. The van der Waals surface area contributed by atoms with Crippen LogP contribution >= 0.6 is 0 Å². The second kappa shape index (κ2) is 8.38. The molecule has 1 amide bonds. The molecule has 1 fully saturated rings. The Kier molecular flexibility index (Phi) is 6.09. The van der Waals surface area contributed by atoms with Gasteiger partial charge in [0.05, 0.1) is 25.0 Å². The Labute approximate surface area is 169 Å². The lowest BCUT2D eigenvalue weighted by molar-refractivity contribution is 0.102. The second-order valence-corrected chi connectivity index (χ2v) is 9.05. The van der Waals surface area contributed by atoms with Crippen molar-refractivity contribution in [3.05, 3.63) is 53.3 Å². The zero-order valence-electron chi connectivity index (χ0n) is 16.4. The number of carbonyl (C=O) groups is 1. The maximum atomic E-state index is 13.5. The summed E-state index contributed by atoms with van der Waals surface area (Å²) < 4.78 is 50.7. The molecule has 156 valence electrons. The van der Waals surface area contributed by atoms with E-state index in [-0.39, 0.29) is 18.0 Å². The molecule has 1 N–H and O–H groups in total. The van der Waals surface area contributed by atoms with Crippen LogP contribution in [0.25, 0.3) is 0 Å². The van der Waals surface area contributed by atoms with Gasteiger partial charge in [0.15, 0.2) is 0 Å². The summed E-state index contributed by atoms with van der Waals surface area (Å²) >= 11 is 0. The average molecular weight is 422 g/mol. The van der Waals surface area contributed by atoms with Crippen molar-refractivity contribution in [2.45, 2.75) is 18.6 Å². The number of carbonyl (C=O) groups excluding carboxylic acids is 1. The number of amides is 1. The molecule has 1 heterocycles. The maximum absolute atomic E-state index is 13.5. The van der Waals surface area contributed by atoms with Crippen LogP contribution in [0.2, 0.25) is 0 Å². The number of rotatable bonds is 6. The number of ether oxygens (including phenoxy) is 2. The molecule has 1 atom stereocenters. The number of nitrogens with one attached hydrogen (secondary N) is 1. The van der Waals surface area contributed by atoms with Crippen LogP contribution in [0, 0.1) is 12.7 Å². The number of methoxy groups -OCH3 is 1. The summed E-state index contributed by atoms with van der Waals surface area (Å²) in [6, 6.07) is 8.80. The Morgan fingerprint density at radius 3 is 2.66 bits per heavy atom. The fourth-order valence-corrected chi connectivity index (χ4v) is 4.63. The molecule has 2 aromatic rings.